The molecule has 2 aromatic rings. The lowest BCUT2D eigenvalue weighted by Crippen LogP contribution is -2.54. The summed E-state index contributed by atoms with van der Waals surface area (Å²) in [6, 6.07) is 6.71. The number of nitrogen functional groups attached to an aromatic ring is 1. The molecule has 0 spiro atoms. The highest BCUT2D eigenvalue weighted by Gasteiger charge is 2.40. The van der Waals surface area contributed by atoms with Crippen LogP contribution in [0.3, 0.4) is 0 Å². The third-order valence-electron chi connectivity index (χ3n) is 7.28. The van der Waals surface area contributed by atoms with Gasteiger partial charge >= 0.3 is 6.09 Å². The Hall–Kier alpha value is -3.05. The average molecular weight is 503 g/mol. The minimum atomic E-state index is -0.853. The smallest absolute Gasteiger partial charge is 0.407 e. The van der Waals surface area contributed by atoms with Crippen LogP contribution in [-0.4, -0.2) is 100 Å². The monoisotopic (exact) mass is 502 g/mol. The maximum atomic E-state index is 11.2. The molecule has 5 heterocycles. The number of ether oxygens (including phenoxy) is 1. The second kappa shape index (κ2) is 9.90. The highest BCUT2D eigenvalue weighted by molar-refractivity contribution is 6.29. The quantitative estimate of drug-likeness (QED) is 0.606. The molecule has 2 aromatic heterocycles. The Bertz CT molecular complexity index is 1060. The van der Waals surface area contributed by atoms with Gasteiger partial charge in [-0.1, -0.05) is 11.6 Å². The molecule has 35 heavy (non-hydrogen) atoms. The van der Waals surface area contributed by atoms with Crippen molar-refractivity contribution in [3.8, 4) is 5.88 Å². The van der Waals surface area contributed by atoms with E-state index in [4.69, 9.17) is 22.1 Å². The fourth-order valence-electron chi connectivity index (χ4n) is 5.55. The molecule has 3 saturated heterocycles. The topological polar surface area (TPSA) is 124 Å². The normalized spacial score (nSPS) is 24.6. The van der Waals surface area contributed by atoms with Crippen molar-refractivity contribution >= 4 is 34.9 Å². The number of carboxylic acid groups (broad SMARTS) is 1. The molecule has 0 aliphatic carbocycles. The Balaban J connectivity index is 1.19. The Labute approximate surface area is 209 Å². The van der Waals surface area contributed by atoms with Crippen molar-refractivity contribution in [2.75, 3.05) is 61.4 Å². The number of hydrogen-bond donors (Lipinski definition) is 2. The van der Waals surface area contributed by atoms with Gasteiger partial charge in [0.05, 0.1) is 5.69 Å². The van der Waals surface area contributed by atoms with E-state index < -0.39 is 6.09 Å². The largest absolute Gasteiger partial charge is 0.476 e. The number of aromatic nitrogens is 3. The summed E-state index contributed by atoms with van der Waals surface area (Å²) >= 11 is 6.07. The summed E-state index contributed by atoms with van der Waals surface area (Å²) in [6.45, 7) is 6.70. The summed E-state index contributed by atoms with van der Waals surface area (Å²) in [5.74, 6) is 1.01. The van der Waals surface area contributed by atoms with Crippen molar-refractivity contribution in [3.63, 3.8) is 0 Å². The molecule has 5 rings (SSSR count). The molecule has 1 amide bonds. The van der Waals surface area contributed by atoms with Crippen LogP contribution >= 0.6 is 11.6 Å². The number of nitrogens with zero attached hydrogens (tertiary/aromatic N) is 7. The van der Waals surface area contributed by atoms with Crippen LogP contribution in [0.1, 0.15) is 19.8 Å². The highest BCUT2D eigenvalue weighted by atomic mass is 35.5. The highest BCUT2D eigenvalue weighted by Crippen LogP contribution is 2.38. The second-order valence-corrected chi connectivity index (χ2v) is 9.84. The van der Waals surface area contributed by atoms with Crippen molar-refractivity contribution < 1.29 is 14.6 Å². The third-order valence-corrected chi connectivity index (χ3v) is 7.46. The van der Waals surface area contributed by atoms with Crippen LogP contribution in [0, 0.1) is 0 Å². The first-order chi connectivity index (χ1) is 16.9. The van der Waals surface area contributed by atoms with Gasteiger partial charge in [-0.2, -0.15) is 0 Å². The summed E-state index contributed by atoms with van der Waals surface area (Å²) in [5.41, 5.74) is 8.04. The van der Waals surface area contributed by atoms with Gasteiger partial charge < -0.3 is 30.3 Å². The Morgan fingerprint density at radius 3 is 2.69 bits per heavy atom. The number of nitrogens with two attached hydrogens (primary N) is 1. The van der Waals surface area contributed by atoms with Crippen LogP contribution in [0.25, 0.3) is 0 Å². The van der Waals surface area contributed by atoms with Gasteiger partial charge in [-0.3, -0.25) is 4.90 Å². The van der Waals surface area contributed by atoms with Gasteiger partial charge in [0.2, 0.25) is 5.88 Å². The number of halogens is 1. The fraction of sp³-hybridized carbons (Fsp3) is 0.565. The van der Waals surface area contributed by atoms with Gasteiger partial charge in [-0.05, 0) is 25.8 Å². The van der Waals surface area contributed by atoms with E-state index in [0.717, 1.165) is 43.9 Å². The number of rotatable bonds is 6. The first-order valence-corrected chi connectivity index (χ1v) is 12.4. The first kappa shape index (κ1) is 23.7. The Morgan fingerprint density at radius 2 is 1.97 bits per heavy atom. The standard InChI is InChI=1S/C23H31ClN8O3/c1-15-12-30(23(33)34)7-6-29(15)8-9-35-21-10-16(4-5-26-21)32-17-2-3-18(32)14-31(13-17)19-11-20(24)27-28-22(19)25/h4-5,10-11,15,17-18H,2-3,6-9,12-14H2,1H3,(H2,25,28)(H,33,34)/t15-,17?,18?/m1/s1. The Kier molecular flexibility index (Phi) is 6.70. The van der Waals surface area contributed by atoms with Crippen LogP contribution in [0.15, 0.2) is 24.4 Å². The van der Waals surface area contributed by atoms with Gasteiger partial charge in [0, 0.05) is 81.4 Å². The van der Waals surface area contributed by atoms with E-state index in [1.54, 1.807) is 12.3 Å². The lowest BCUT2D eigenvalue weighted by atomic mass is 10.1. The molecule has 188 valence electrons. The molecule has 3 aliphatic heterocycles. The van der Waals surface area contributed by atoms with Crippen molar-refractivity contribution in [2.24, 2.45) is 0 Å². The second-order valence-electron chi connectivity index (χ2n) is 9.45. The first-order valence-electron chi connectivity index (χ1n) is 12.0. The van der Waals surface area contributed by atoms with E-state index in [-0.39, 0.29) is 6.04 Å². The number of fused-ring (bicyclic) bond motifs is 2. The van der Waals surface area contributed by atoms with E-state index in [1.165, 1.54) is 4.90 Å². The Morgan fingerprint density at radius 1 is 1.20 bits per heavy atom. The van der Waals surface area contributed by atoms with Gasteiger partial charge in [-0.15, -0.1) is 10.2 Å². The van der Waals surface area contributed by atoms with Crippen molar-refractivity contribution in [1.29, 1.82) is 0 Å². The van der Waals surface area contributed by atoms with Crippen LogP contribution in [0.4, 0.5) is 22.0 Å². The number of pyridine rings is 1. The van der Waals surface area contributed by atoms with E-state index >= 15 is 0 Å². The fourth-order valence-corrected chi connectivity index (χ4v) is 5.69. The summed E-state index contributed by atoms with van der Waals surface area (Å²) in [6.07, 6.45) is 3.15. The lowest BCUT2D eigenvalue weighted by Gasteiger charge is -2.43. The number of hydrogen-bond acceptors (Lipinski definition) is 9. The van der Waals surface area contributed by atoms with E-state index in [1.807, 2.05) is 19.1 Å². The maximum Gasteiger partial charge on any atom is 0.407 e. The summed E-state index contributed by atoms with van der Waals surface area (Å²) < 4.78 is 6.01. The summed E-state index contributed by atoms with van der Waals surface area (Å²) in [7, 11) is 0. The molecular weight excluding hydrogens is 472 g/mol. The number of carbonyl (C=O) groups is 1. The molecule has 0 radical (unpaired) electrons. The van der Waals surface area contributed by atoms with Gasteiger partial charge in [-0.25, -0.2) is 9.78 Å². The minimum absolute atomic E-state index is 0.161. The summed E-state index contributed by atoms with van der Waals surface area (Å²) in [5, 5.41) is 17.3. The molecule has 3 aliphatic rings. The van der Waals surface area contributed by atoms with Crippen molar-refractivity contribution in [1.82, 2.24) is 25.0 Å². The third kappa shape index (κ3) is 5.01. The predicted octanol–water partition coefficient (Wildman–Crippen LogP) is 2.03. The number of anilines is 3. The minimum Gasteiger partial charge on any atom is -0.476 e. The molecule has 12 heteroatoms. The van der Waals surface area contributed by atoms with Crippen molar-refractivity contribution in [2.45, 2.75) is 37.9 Å². The summed E-state index contributed by atoms with van der Waals surface area (Å²) in [4.78, 5) is 24.1. The van der Waals surface area contributed by atoms with Crippen LogP contribution < -0.4 is 20.3 Å². The van der Waals surface area contributed by atoms with Gasteiger partial charge in [0.25, 0.3) is 0 Å². The molecule has 2 unspecified atom stereocenters. The molecule has 0 aromatic carbocycles. The van der Waals surface area contributed by atoms with Crippen molar-refractivity contribution in [3.05, 3.63) is 29.5 Å². The molecule has 3 atom stereocenters. The van der Waals surface area contributed by atoms with E-state index in [9.17, 15) is 9.90 Å². The van der Waals surface area contributed by atoms with Crippen LogP contribution in [0.5, 0.6) is 5.88 Å². The zero-order valence-electron chi connectivity index (χ0n) is 19.8. The van der Waals surface area contributed by atoms with Crippen LogP contribution in [-0.2, 0) is 0 Å². The van der Waals surface area contributed by atoms with E-state index in [2.05, 4.69) is 29.9 Å². The molecular formula is C23H31ClN8O3. The maximum absolute atomic E-state index is 11.2. The number of piperazine rings is 2. The SMILES string of the molecule is C[C@@H]1CN(C(=O)O)CCN1CCOc1cc(N2C3CCC2CN(c2cc(Cl)nnc2N)C3)ccn1. The average Bonchev–Trinajstić information content (AvgIpc) is 3.11. The molecule has 2 bridgehead atoms. The zero-order valence-corrected chi connectivity index (χ0v) is 20.5. The molecule has 11 nitrogen and oxygen atoms in total. The lowest BCUT2D eigenvalue weighted by molar-refractivity contribution is 0.0668. The van der Waals surface area contributed by atoms with Gasteiger partial charge in [0.1, 0.15) is 6.61 Å². The molecule has 3 N–H and O–H groups in total. The van der Waals surface area contributed by atoms with Gasteiger partial charge in [0.15, 0.2) is 11.0 Å². The molecule has 3 fully saturated rings. The molecule has 0 saturated carbocycles. The number of amides is 1. The zero-order chi connectivity index (χ0) is 24.5. The van der Waals surface area contributed by atoms with E-state index in [0.29, 0.717) is 55.2 Å². The predicted molar refractivity (Wildman–Crippen MR) is 133 cm³/mol. The van der Waals surface area contributed by atoms with Crippen LogP contribution in [0.2, 0.25) is 5.15 Å².